The van der Waals surface area contributed by atoms with Gasteiger partial charge in [0, 0.05) is 29.7 Å². The van der Waals surface area contributed by atoms with Crippen LogP contribution in [-0.4, -0.2) is 43.4 Å². The second kappa shape index (κ2) is 6.62. The van der Waals surface area contributed by atoms with E-state index in [1.165, 1.54) is 0 Å². The van der Waals surface area contributed by atoms with Crippen molar-refractivity contribution in [3.63, 3.8) is 0 Å². The zero-order valence-corrected chi connectivity index (χ0v) is 15.7. The Labute approximate surface area is 139 Å². The molecule has 0 atom stereocenters. The van der Waals surface area contributed by atoms with E-state index in [-0.39, 0.29) is 14.3 Å². The minimum Gasteiger partial charge on any atom is -0.452 e. The Morgan fingerprint density at radius 2 is 2.19 bits per heavy atom. The number of sulfonamides is 1. The number of rotatable bonds is 4. The Hall–Kier alpha value is -0.0200. The van der Waals surface area contributed by atoms with Crippen LogP contribution in [0.2, 0.25) is 0 Å². The number of nitrogens with one attached hydrogen (secondary N) is 1. The summed E-state index contributed by atoms with van der Waals surface area (Å²) in [5.41, 5.74) is 0. The number of nitrogens with zero attached hydrogens (tertiary/aromatic N) is 1. The van der Waals surface area contributed by atoms with E-state index in [1.807, 2.05) is 11.8 Å². The molecule has 8 heteroatoms. The Kier molecular flexibility index (Phi) is 5.46. The molecular weight excluding hydrogens is 376 g/mol. The van der Waals surface area contributed by atoms with Gasteiger partial charge in [-0.1, -0.05) is 13.8 Å². The summed E-state index contributed by atoms with van der Waals surface area (Å²) in [5, 5.41) is 2.95. The molecule has 1 fully saturated rings. The number of halogens is 1. The second-order valence-corrected chi connectivity index (χ2v) is 10.1. The standard InChI is InChI=1S/C13H21BrN2O3S2/c1-13(2)4-5-16(6-7-20-13)21(17,18)11-8-10(9-15-3)19-12(11)14/h8,15H,4-7,9H2,1-3H3. The molecule has 1 aliphatic rings. The third-order valence-corrected chi connectivity index (χ3v) is 7.60. The molecule has 0 amide bonds. The van der Waals surface area contributed by atoms with Crippen molar-refractivity contribution in [2.24, 2.45) is 0 Å². The monoisotopic (exact) mass is 396 g/mol. The highest BCUT2D eigenvalue weighted by Crippen LogP contribution is 2.34. The first kappa shape index (κ1) is 17.3. The van der Waals surface area contributed by atoms with Gasteiger partial charge in [0.2, 0.25) is 10.0 Å². The molecule has 2 rings (SSSR count). The normalized spacial score (nSPS) is 20.4. The van der Waals surface area contributed by atoms with Crippen LogP contribution in [0.25, 0.3) is 0 Å². The van der Waals surface area contributed by atoms with Gasteiger partial charge in [-0.2, -0.15) is 16.1 Å². The summed E-state index contributed by atoms with van der Waals surface area (Å²) in [6.45, 7) is 5.90. The van der Waals surface area contributed by atoms with E-state index < -0.39 is 10.0 Å². The highest BCUT2D eigenvalue weighted by atomic mass is 79.9. The lowest BCUT2D eigenvalue weighted by molar-refractivity contribution is 0.413. The summed E-state index contributed by atoms with van der Waals surface area (Å²) >= 11 is 5.05. The third-order valence-electron chi connectivity index (χ3n) is 3.47. The van der Waals surface area contributed by atoms with E-state index in [2.05, 4.69) is 35.1 Å². The number of thioether (sulfide) groups is 1. The zero-order chi connectivity index (χ0) is 15.7. The Morgan fingerprint density at radius 1 is 1.48 bits per heavy atom. The highest BCUT2D eigenvalue weighted by Gasteiger charge is 2.33. The van der Waals surface area contributed by atoms with Crippen molar-refractivity contribution in [1.82, 2.24) is 9.62 Å². The van der Waals surface area contributed by atoms with Gasteiger partial charge in [-0.25, -0.2) is 8.42 Å². The molecule has 1 aromatic heterocycles. The largest absolute Gasteiger partial charge is 0.452 e. The molecule has 1 aromatic rings. The van der Waals surface area contributed by atoms with Crippen LogP contribution in [0.15, 0.2) is 20.0 Å². The molecule has 0 radical (unpaired) electrons. The average molecular weight is 397 g/mol. The van der Waals surface area contributed by atoms with Crippen LogP contribution in [0.4, 0.5) is 0 Å². The fraction of sp³-hybridized carbons (Fsp3) is 0.692. The van der Waals surface area contributed by atoms with Crippen molar-refractivity contribution in [2.45, 2.75) is 36.5 Å². The van der Waals surface area contributed by atoms with Gasteiger partial charge < -0.3 is 9.73 Å². The lowest BCUT2D eigenvalue weighted by Gasteiger charge is -2.22. The van der Waals surface area contributed by atoms with E-state index >= 15 is 0 Å². The van der Waals surface area contributed by atoms with Gasteiger partial charge in [0.25, 0.3) is 0 Å². The molecule has 0 saturated carbocycles. The summed E-state index contributed by atoms with van der Waals surface area (Å²) in [7, 11) is -1.72. The maximum atomic E-state index is 12.8. The molecule has 0 unspecified atom stereocenters. The fourth-order valence-electron chi connectivity index (χ4n) is 2.22. The van der Waals surface area contributed by atoms with Crippen molar-refractivity contribution in [3.05, 3.63) is 16.5 Å². The highest BCUT2D eigenvalue weighted by molar-refractivity contribution is 9.10. The minimum absolute atomic E-state index is 0.120. The second-order valence-electron chi connectivity index (χ2n) is 5.64. The molecule has 0 bridgehead atoms. The lowest BCUT2D eigenvalue weighted by Crippen LogP contribution is -2.33. The summed E-state index contributed by atoms with van der Waals surface area (Å²) in [4.78, 5) is 0.220. The average Bonchev–Trinajstić information content (AvgIpc) is 2.64. The fourth-order valence-corrected chi connectivity index (χ4v) is 5.83. The first-order valence-electron chi connectivity index (χ1n) is 6.83. The van der Waals surface area contributed by atoms with E-state index in [9.17, 15) is 8.42 Å². The van der Waals surface area contributed by atoms with Crippen LogP contribution in [0.1, 0.15) is 26.0 Å². The van der Waals surface area contributed by atoms with Crippen LogP contribution in [0.5, 0.6) is 0 Å². The molecule has 120 valence electrons. The predicted molar refractivity (Wildman–Crippen MR) is 89.1 cm³/mol. The van der Waals surface area contributed by atoms with E-state index in [0.717, 1.165) is 12.2 Å². The van der Waals surface area contributed by atoms with Crippen LogP contribution >= 0.6 is 27.7 Å². The maximum absolute atomic E-state index is 12.8. The van der Waals surface area contributed by atoms with Crippen molar-refractivity contribution >= 4 is 37.7 Å². The molecule has 0 aliphatic carbocycles. The molecule has 1 N–H and O–H groups in total. The molecule has 1 saturated heterocycles. The Morgan fingerprint density at radius 3 is 2.86 bits per heavy atom. The Bertz CT molecular complexity index is 599. The smallest absolute Gasteiger partial charge is 0.247 e. The van der Waals surface area contributed by atoms with Gasteiger partial charge in [-0.3, -0.25) is 0 Å². The van der Waals surface area contributed by atoms with Gasteiger partial charge in [0.1, 0.15) is 10.7 Å². The molecule has 21 heavy (non-hydrogen) atoms. The molecular formula is C13H21BrN2O3S2. The lowest BCUT2D eigenvalue weighted by atomic mass is 10.1. The van der Waals surface area contributed by atoms with Gasteiger partial charge in [-0.05, 0) is 29.4 Å². The predicted octanol–water partition coefficient (Wildman–Crippen LogP) is 2.67. The molecule has 5 nitrogen and oxygen atoms in total. The molecule has 0 aromatic carbocycles. The van der Waals surface area contributed by atoms with Gasteiger partial charge in [0.05, 0.1) is 6.54 Å². The van der Waals surface area contributed by atoms with Crippen molar-refractivity contribution in [3.8, 4) is 0 Å². The summed E-state index contributed by atoms with van der Waals surface area (Å²) < 4.78 is 33.0. The first-order valence-corrected chi connectivity index (χ1v) is 10.0. The van der Waals surface area contributed by atoms with Crippen molar-refractivity contribution in [1.29, 1.82) is 0 Å². The summed E-state index contributed by atoms with van der Waals surface area (Å²) in [6.07, 6.45) is 0.843. The maximum Gasteiger partial charge on any atom is 0.247 e. The van der Waals surface area contributed by atoms with Gasteiger partial charge >= 0.3 is 0 Å². The molecule has 0 spiro atoms. The quantitative estimate of drug-likeness (QED) is 0.847. The van der Waals surface area contributed by atoms with Gasteiger partial charge in [-0.15, -0.1) is 0 Å². The van der Waals surface area contributed by atoms with E-state index in [1.54, 1.807) is 17.4 Å². The van der Waals surface area contributed by atoms with Crippen molar-refractivity contribution < 1.29 is 12.8 Å². The topological polar surface area (TPSA) is 62.6 Å². The van der Waals surface area contributed by atoms with Crippen LogP contribution in [0.3, 0.4) is 0 Å². The summed E-state index contributed by atoms with van der Waals surface area (Å²) in [5.74, 6) is 1.41. The zero-order valence-electron chi connectivity index (χ0n) is 12.5. The van der Waals surface area contributed by atoms with E-state index in [4.69, 9.17) is 4.42 Å². The molecule has 1 aliphatic heterocycles. The van der Waals surface area contributed by atoms with Crippen LogP contribution in [0, 0.1) is 0 Å². The molecule has 2 heterocycles. The van der Waals surface area contributed by atoms with Gasteiger partial charge in [0.15, 0.2) is 4.67 Å². The number of hydrogen-bond acceptors (Lipinski definition) is 5. The number of furan rings is 1. The third kappa shape index (κ3) is 4.04. The Balaban J connectivity index is 2.25. The van der Waals surface area contributed by atoms with E-state index in [0.29, 0.717) is 25.4 Å². The van der Waals surface area contributed by atoms with Crippen LogP contribution in [-0.2, 0) is 16.6 Å². The minimum atomic E-state index is -3.51. The SMILES string of the molecule is CNCc1cc(S(=O)(=O)N2CCSC(C)(C)CC2)c(Br)o1. The summed E-state index contributed by atoms with van der Waals surface area (Å²) in [6, 6.07) is 1.60. The van der Waals surface area contributed by atoms with Crippen molar-refractivity contribution in [2.75, 3.05) is 25.9 Å². The van der Waals surface area contributed by atoms with Crippen LogP contribution < -0.4 is 5.32 Å². The number of hydrogen-bond donors (Lipinski definition) is 1. The first-order chi connectivity index (χ1) is 9.76.